The maximum absolute atomic E-state index is 12.6. The van der Waals surface area contributed by atoms with Crippen molar-refractivity contribution in [1.29, 1.82) is 0 Å². The number of piperidine rings is 1. The Hall–Kier alpha value is -1.63. The van der Waals surface area contributed by atoms with E-state index in [2.05, 4.69) is 10.6 Å². The standard InChI is InChI=1S/C14H22N4O3/c15-13(4-2-1-3-5-13)11(20)18-8-6-14(7-9-18)10(19)16-12(21)17-14/h1-9,15H2,(H2,16,17,19,21). The van der Waals surface area contributed by atoms with Crippen molar-refractivity contribution in [2.75, 3.05) is 13.1 Å². The Labute approximate surface area is 123 Å². The lowest BCUT2D eigenvalue weighted by atomic mass is 9.80. The van der Waals surface area contributed by atoms with Crippen molar-refractivity contribution >= 4 is 17.8 Å². The smallest absolute Gasteiger partial charge is 0.322 e. The van der Waals surface area contributed by atoms with Gasteiger partial charge < -0.3 is 16.0 Å². The van der Waals surface area contributed by atoms with Crippen LogP contribution in [0.2, 0.25) is 0 Å². The van der Waals surface area contributed by atoms with Crippen LogP contribution in [0.25, 0.3) is 0 Å². The zero-order valence-electron chi connectivity index (χ0n) is 12.1. The van der Waals surface area contributed by atoms with E-state index < -0.39 is 17.1 Å². The van der Waals surface area contributed by atoms with E-state index in [9.17, 15) is 14.4 Å². The van der Waals surface area contributed by atoms with Gasteiger partial charge in [-0.3, -0.25) is 14.9 Å². The van der Waals surface area contributed by atoms with Gasteiger partial charge in [0.05, 0.1) is 5.54 Å². The number of urea groups is 1. The molecule has 2 saturated heterocycles. The number of rotatable bonds is 1. The first-order valence-corrected chi connectivity index (χ1v) is 7.67. The number of nitrogens with two attached hydrogens (primary N) is 1. The van der Waals surface area contributed by atoms with Crippen LogP contribution in [0, 0.1) is 0 Å². The fourth-order valence-corrected chi connectivity index (χ4v) is 3.68. The molecule has 4 amide bonds. The molecule has 7 nitrogen and oxygen atoms in total. The highest BCUT2D eigenvalue weighted by molar-refractivity contribution is 6.07. The first kappa shape index (κ1) is 14.3. The van der Waals surface area contributed by atoms with Gasteiger partial charge in [0.15, 0.2) is 0 Å². The first-order valence-electron chi connectivity index (χ1n) is 7.67. The Balaban J connectivity index is 1.64. The highest BCUT2D eigenvalue weighted by atomic mass is 16.2. The van der Waals surface area contributed by atoms with E-state index in [0.717, 1.165) is 32.1 Å². The third-order valence-electron chi connectivity index (χ3n) is 5.09. The van der Waals surface area contributed by atoms with E-state index in [1.54, 1.807) is 4.90 Å². The number of hydrogen-bond donors (Lipinski definition) is 3. The highest BCUT2D eigenvalue weighted by Gasteiger charge is 2.49. The van der Waals surface area contributed by atoms with Gasteiger partial charge in [0, 0.05) is 13.1 Å². The summed E-state index contributed by atoms with van der Waals surface area (Å²) >= 11 is 0. The van der Waals surface area contributed by atoms with Crippen LogP contribution in [0.4, 0.5) is 4.79 Å². The second-order valence-corrected chi connectivity index (χ2v) is 6.50. The van der Waals surface area contributed by atoms with Crippen molar-refractivity contribution in [2.45, 2.75) is 56.0 Å². The van der Waals surface area contributed by atoms with Crippen LogP contribution in [-0.2, 0) is 9.59 Å². The van der Waals surface area contributed by atoms with Crippen molar-refractivity contribution in [3.05, 3.63) is 0 Å². The molecular formula is C14H22N4O3. The maximum atomic E-state index is 12.6. The van der Waals surface area contributed by atoms with E-state index in [1.165, 1.54) is 0 Å². The molecule has 3 fully saturated rings. The predicted molar refractivity (Wildman–Crippen MR) is 75.2 cm³/mol. The number of carbonyl (C=O) groups is 3. The van der Waals surface area contributed by atoms with Crippen LogP contribution in [-0.4, -0.2) is 46.9 Å². The lowest BCUT2D eigenvalue weighted by Gasteiger charge is -2.42. The Morgan fingerprint density at radius 1 is 1.05 bits per heavy atom. The molecule has 0 aromatic heterocycles. The molecule has 4 N–H and O–H groups in total. The average Bonchev–Trinajstić information content (AvgIpc) is 2.74. The van der Waals surface area contributed by atoms with E-state index >= 15 is 0 Å². The summed E-state index contributed by atoms with van der Waals surface area (Å²) in [5.74, 6) is -0.276. The van der Waals surface area contributed by atoms with Crippen LogP contribution in [0.15, 0.2) is 0 Å². The predicted octanol–water partition coefficient (Wildman–Crippen LogP) is -0.151. The normalized spacial score (nSPS) is 27.4. The molecule has 1 saturated carbocycles. The number of nitrogens with zero attached hydrogens (tertiary/aromatic N) is 1. The van der Waals surface area contributed by atoms with Crippen molar-refractivity contribution in [3.8, 4) is 0 Å². The zero-order chi connectivity index (χ0) is 15.1. The summed E-state index contributed by atoms with van der Waals surface area (Å²) in [4.78, 5) is 37.6. The summed E-state index contributed by atoms with van der Waals surface area (Å²) < 4.78 is 0. The van der Waals surface area contributed by atoms with Crippen molar-refractivity contribution in [2.24, 2.45) is 5.73 Å². The molecule has 0 aromatic carbocycles. The van der Waals surface area contributed by atoms with Gasteiger partial charge in [0.2, 0.25) is 5.91 Å². The fraction of sp³-hybridized carbons (Fsp3) is 0.786. The van der Waals surface area contributed by atoms with Crippen LogP contribution in [0.5, 0.6) is 0 Å². The zero-order valence-corrected chi connectivity index (χ0v) is 12.1. The summed E-state index contributed by atoms with van der Waals surface area (Å²) in [6.07, 6.45) is 5.52. The highest BCUT2D eigenvalue weighted by Crippen LogP contribution is 2.31. The molecule has 0 unspecified atom stereocenters. The molecular weight excluding hydrogens is 272 g/mol. The Morgan fingerprint density at radius 2 is 1.67 bits per heavy atom. The van der Waals surface area contributed by atoms with Crippen molar-refractivity contribution in [3.63, 3.8) is 0 Å². The average molecular weight is 294 g/mol. The number of likely N-dealkylation sites (tertiary alicyclic amines) is 1. The summed E-state index contributed by atoms with van der Waals surface area (Å²) in [5.41, 5.74) is 4.72. The molecule has 2 heterocycles. The summed E-state index contributed by atoms with van der Waals surface area (Å²) in [5, 5.41) is 4.97. The molecule has 0 radical (unpaired) electrons. The van der Waals surface area contributed by atoms with Crippen molar-refractivity contribution in [1.82, 2.24) is 15.5 Å². The van der Waals surface area contributed by atoms with Crippen LogP contribution in [0.1, 0.15) is 44.9 Å². The molecule has 0 bridgehead atoms. The van der Waals surface area contributed by atoms with E-state index in [4.69, 9.17) is 5.73 Å². The second kappa shape index (κ2) is 4.98. The van der Waals surface area contributed by atoms with E-state index in [1.807, 2.05) is 0 Å². The molecule has 116 valence electrons. The molecule has 2 aliphatic heterocycles. The summed E-state index contributed by atoms with van der Waals surface area (Å²) in [7, 11) is 0. The van der Waals surface area contributed by atoms with Crippen LogP contribution >= 0.6 is 0 Å². The van der Waals surface area contributed by atoms with Gasteiger partial charge in [-0.1, -0.05) is 19.3 Å². The van der Waals surface area contributed by atoms with E-state index in [-0.39, 0.29) is 11.8 Å². The minimum atomic E-state index is -0.831. The number of imide groups is 1. The quantitative estimate of drug-likeness (QED) is 0.585. The molecule has 3 rings (SSSR count). The second-order valence-electron chi connectivity index (χ2n) is 6.50. The van der Waals surface area contributed by atoms with Gasteiger partial charge >= 0.3 is 6.03 Å². The number of nitrogens with one attached hydrogen (secondary N) is 2. The fourth-order valence-electron chi connectivity index (χ4n) is 3.68. The van der Waals surface area contributed by atoms with Gasteiger partial charge in [-0.15, -0.1) is 0 Å². The number of amides is 4. The van der Waals surface area contributed by atoms with Gasteiger partial charge in [-0.05, 0) is 25.7 Å². The third-order valence-corrected chi connectivity index (χ3v) is 5.09. The van der Waals surface area contributed by atoms with Crippen molar-refractivity contribution < 1.29 is 14.4 Å². The van der Waals surface area contributed by atoms with Gasteiger partial charge in [-0.25, -0.2) is 4.79 Å². The van der Waals surface area contributed by atoms with Gasteiger partial charge in [-0.2, -0.15) is 0 Å². The van der Waals surface area contributed by atoms with Crippen LogP contribution in [0.3, 0.4) is 0 Å². The SMILES string of the molecule is NC1(C(=O)N2CCC3(CC2)NC(=O)NC3=O)CCCCC1. The monoisotopic (exact) mass is 294 g/mol. The first-order chi connectivity index (χ1) is 9.95. The molecule has 3 aliphatic rings. The van der Waals surface area contributed by atoms with Gasteiger partial charge in [0.1, 0.15) is 5.54 Å². The van der Waals surface area contributed by atoms with Crippen LogP contribution < -0.4 is 16.4 Å². The number of hydrogen-bond acceptors (Lipinski definition) is 4. The minimum absolute atomic E-state index is 0.00165. The molecule has 0 atom stereocenters. The molecule has 1 spiro atoms. The topological polar surface area (TPSA) is 105 Å². The Morgan fingerprint density at radius 3 is 2.19 bits per heavy atom. The molecule has 0 aromatic rings. The van der Waals surface area contributed by atoms with E-state index in [0.29, 0.717) is 25.9 Å². The summed E-state index contributed by atoms with van der Waals surface area (Å²) in [6.45, 7) is 0.928. The lowest BCUT2D eigenvalue weighted by Crippen LogP contribution is -2.61. The third kappa shape index (κ3) is 2.39. The largest absolute Gasteiger partial charge is 0.341 e. The Kier molecular flexibility index (Phi) is 3.39. The maximum Gasteiger partial charge on any atom is 0.322 e. The number of carbonyl (C=O) groups excluding carboxylic acids is 3. The van der Waals surface area contributed by atoms with Gasteiger partial charge in [0.25, 0.3) is 5.91 Å². The molecule has 7 heteroatoms. The molecule has 21 heavy (non-hydrogen) atoms. The summed E-state index contributed by atoms with van der Waals surface area (Å²) in [6, 6.07) is -0.442. The lowest BCUT2D eigenvalue weighted by molar-refractivity contribution is -0.141. The Bertz CT molecular complexity index is 477. The molecule has 1 aliphatic carbocycles. The minimum Gasteiger partial charge on any atom is -0.341 e.